The Hall–Kier alpha value is -3.42. The first-order chi connectivity index (χ1) is 13.4. The van der Waals surface area contributed by atoms with Crippen LogP contribution in [0.4, 0.5) is 5.69 Å². The van der Waals surface area contributed by atoms with Gasteiger partial charge in [-0.15, -0.1) is 0 Å². The summed E-state index contributed by atoms with van der Waals surface area (Å²) in [5.41, 5.74) is 8.70. The fraction of sp³-hybridized carbons (Fsp3) is 0.300. The highest BCUT2D eigenvalue weighted by Crippen LogP contribution is 2.40. The fourth-order valence-electron chi connectivity index (χ4n) is 3.22. The van der Waals surface area contributed by atoms with Gasteiger partial charge in [-0.05, 0) is 50.1 Å². The zero-order valence-corrected chi connectivity index (χ0v) is 15.7. The van der Waals surface area contributed by atoms with E-state index in [9.17, 15) is 9.59 Å². The summed E-state index contributed by atoms with van der Waals surface area (Å²) in [4.78, 5) is 28.5. The maximum Gasteiger partial charge on any atom is 0.256 e. The Balaban J connectivity index is 1.61. The van der Waals surface area contributed by atoms with E-state index < -0.39 is 5.91 Å². The van der Waals surface area contributed by atoms with E-state index in [4.69, 9.17) is 15.5 Å². The van der Waals surface area contributed by atoms with Crippen molar-refractivity contribution in [3.8, 4) is 5.75 Å². The van der Waals surface area contributed by atoms with Gasteiger partial charge in [0, 0.05) is 24.3 Å². The highest BCUT2D eigenvalue weighted by molar-refractivity contribution is 6.12. The van der Waals surface area contributed by atoms with Crippen molar-refractivity contribution < 1.29 is 14.3 Å². The Morgan fingerprint density at radius 3 is 2.64 bits per heavy atom. The average Bonchev–Trinajstić information content (AvgIpc) is 3.47. The van der Waals surface area contributed by atoms with Crippen LogP contribution in [0, 0.1) is 6.92 Å². The average molecular weight is 379 g/mol. The number of nitrogens with zero attached hydrogens (tertiary/aromatic N) is 3. The summed E-state index contributed by atoms with van der Waals surface area (Å²) in [7, 11) is 1.84. The number of nitrogens with one attached hydrogen (secondary N) is 1. The van der Waals surface area contributed by atoms with E-state index in [-0.39, 0.29) is 12.5 Å². The number of aryl methyl sites for hydroxylation is 2. The molecular formula is C20H21N5O3. The van der Waals surface area contributed by atoms with Crippen molar-refractivity contribution in [3.05, 3.63) is 47.3 Å². The van der Waals surface area contributed by atoms with Crippen molar-refractivity contribution in [1.82, 2.24) is 14.8 Å². The molecule has 1 aromatic carbocycles. The van der Waals surface area contributed by atoms with Gasteiger partial charge in [-0.1, -0.05) is 0 Å². The second-order valence-corrected chi connectivity index (χ2v) is 7.01. The third-order valence-electron chi connectivity index (χ3n) is 4.72. The lowest BCUT2D eigenvalue weighted by Gasteiger charge is -2.10. The Kier molecular flexibility index (Phi) is 4.46. The minimum atomic E-state index is -0.544. The van der Waals surface area contributed by atoms with Crippen molar-refractivity contribution in [2.45, 2.75) is 25.7 Å². The smallest absolute Gasteiger partial charge is 0.256 e. The standard InChI is InChI=1S/C20H21N5O3/c1-11-18-15(9-16(12-3-4-12)23-19(18)25(2)24-11)20(27)22-13-5-7-14(8-6-13)28-10-17(21)26/h5-9,12H,3-4,10H2,1-2H3,(H2,21,26)(H,22,27). The fourth-order valence-corrected chi connectivity index (χ4v) is 3.22. The number of hydrogen-bond acceptors (Lipinski definition) is 5. The molecule has 0 radical (unpaired) electrons. The van der Waals surface area contributed by atoms with Crippen LogP contribution in [0.15, 0.2) is 30.3 Å². The van der Waals surface area contributed by atoms with Gasteiger partial charge < -0.3 is 15.8 Å². The molecule has 0 atom stereocenters. The van der Waals surface area contributed by atoms with E-state index >= 15 is 0 Å². The number of amides is 2. The van der Waals surface area contributed by atoms with Crippen molar-refractivity contribution >= 4 is 28.5 Å². The van der Waals surface area contributed by atoms with E-state index in [0.717, 1.165) is 35.3 Å². The van der Waals surface area contributed by atoms with Gasteiger partial charge in [0.15, 0.2) is 12.3 Å². The van der Waals surface area contributed by atoms with Crippen LogP contribution in [0.3, 0.4) is 0 Å². The Morgan fingerprint density at radius 2 is 2.00 bits per heavy atom. The number of benzene rings is 1. The van der Waals surface area contributed by atoms with Gasteiger partial charge in [0.25, 0.3) is 11.8 Å². The Labute approximate surface area is 161 Å². The second kappa shape index (κ2) is 6.95. The van der Waals surface area contributed by atoms with Crippen molar-refractivity contribution in [2.24, 2.45) is 12.8 Å². The third kappa shape index (κ3) is 3.53. The molecule has 8 heteroatoms. The van der Waals surface area contributed by atoms with E-state index in [2.05, 4.69) is 10.4 Å². The number of ether oxygens (including phenoxy) is 1. The van der Waals surface area contributed by atoms with Gasteiger partial charge in [0.05, 0.1) is 16.6 Å². The summed E-state index contributed by atoms with van der Waals surface area (Å²) in [5.74, 6) is 0.170. The molecule has 8 nitrogen and oxygen atoms in total. The van der Waals surface area contributed by atoms with Crippen LogP contribution in [-0.4, -0.2) is 33.2 Å². The zero-order chi connectivity index (χ0) is 19.8. The van der Waals surface area contributed by atoms with Crippen molar-refractivity contribution in [2.75, 3.05) is 11.9 Å². The molecule has 0 spiro atoms. The van der Waals surface area contributed by atoms with E-state index in [1.54, 1.807) is 28.9 Å². The summed E-state index contributed by atoms with van der Waals surface area (Å²) >= 11 is 0. The van der Waals surface area contributed by atoms with Crippen LogP contribution >= 0.6 is 0 Å². The molecule has 0 unspecified atom stereocenters. The first kappa shape index (κ1) is 18.0. The number of aromatic nitrogens is 3. The van der Waals surface area contributed by atoms with E-state index in [1.807, 2.05) is 20.0 Å². The number of fused-ring (bicyclic) bond motifs is 1. The molecule has 4 rings (SSSR count). The van der Waals surface area contributed by atoms with Gasteiger partial charge >= 0.3 is 0 Å². The first-order valence-electron chi connectivity index (χ1n) is 9.09. The number of anilines is 1. The van der Waals surface area contributed by atoms with Crippen LogP contribution in [0.25, 0.3) is 11.0 Å². The maximum atomic E-state index is 13.0. The number of pyridine rings is 1. The Morgan fingerprint density at radius 1 is 1.29 bits per heavy atom. The maximum absolute atomic E-state index is 13.0. The molecule has 0 aliphatic heterocycles. The topological polar surface area (TPSA) is 112 Å². The van der Waals surface area contributed by atoms with Crippen LogP contribution < -0.4 is 15.8 Å². The van der Waals surface area contributed by atoms with Crippen LogP contribution in [0.2, 0.25) is 0 Å². The number of rotatable bonds is 6. The molecule has 1 saturated carbocycles. The number of carbonyl (C=O) groups excluding carboxylic acids is 2. The van der Waals surface area contributed by atoms with Gasteiger partial charge in [0.1, 0.15) is 5.75 Å². The van der Waals surface area contributed by atoms with Crippen LogP contribution in [0.5, 0.6) is 5.75 Å². The third-order valence-corrected chi connectivity index (χ3v) is 4.72. The summed E-state index contributed by atoms with van der Waals surface area (Å²) in [6, 6.07) is 8.65. The highest BCUT2D eigenvalue weighted by Gasteiger charge is 2.28. The zero-order valence-electron chi connectivity index (χ0n) is 15.7. The molecule has 3 N–H and O–H groups in total. The summed E-state index contributed by atoms with van der Waals surface area (Å²) in [6.07, 6.45) is 2.20. The Bertz CT molecular complexity index is 1070. The van der Waals surface area contributed by atoms with E-state index in [1.165, 1.54) is 0 Å². The molecular weight excluding hydrogens is 358 g/mol. The molecule has 2 amide bonds. The van der Waals surface area contributed by atoms with Gasteiger partial charge in [-0.25, -0.2) is 4.98 Å². The lowest BCUT2D eigenvalue weighted by molar-refractivity contribution is -0.119. The largest absolute Gasteiger partial charge is 0.484 e. The molecule has 2 heterocycles. The molecule has 1 aliphatic rings. The molecule has 1 aliphatic carbocycles. The summed E-state index contributed by atoms with van der Waals surface area (Å²) in [6.45, 7) is 1.69. The SMILES string of the molecule is Cc1nn(C)c2nc(C3CC3)cc(C(=O)Nc3ccc(OCC(N)=O)cc3)c12. The number of primary amides is 1. The lowest BCUT2D eigenvalue weighted by Crippen LogP contribution is -2.20. The molecule has 144 valence electrons. The quantitative estimate of drug-likeness (QED) is 0.682. The molecule has 1 fully saturated rings. The molecule has 3 aromatic rings. The lowest BCUT2D eigenvalue weighted by atomic mass is 10.1. The van der Waals surface area contributed by atoms with Gasteiger partial charge in [-0.2, -0.15) is 5.10 Å². The van der Waals surface area contributed by atoms with Crippen molar-refractivity contribution in [1.29, 1.82) is 0 Å². The highest BCUT2D eigenvalue weighted by atomic mass is 16.5. The van der Waals surface area contributed by atoms with Crippen molar-refractivity contribution in [3.63, 3.8) is 0 Å². The van der Waals surface area contributed by atoms with Crippen LogP contribution in [-0.2, 0) is 11.8 Å². The number of nitrogens with two attached hydrogens (primary N) is 1. The molecule has 0 bridgehead atoms. The predicted molar refractivity (Wildman–Crippen MR) is 104 cm³/mol. The summed E-state index contributed by atoms with van der Waals surface area (Å²) < 4.78 is 6.95. The van der Waals surface area contributed by atoms with Gasteiger partial charge in [-0.3, -0.25) is 14.3 Å². The molecule has 28 heavy (non-hydrogen) atoms. The number of carbonyl (C=O) groups is 2. The predicted octanol–water partition coefficient (Wildman–Crippen LogP) is 2.27. The second-order valence-electron chi connectivity index (χ2n) is 7.01. The minimum absolute atomic E-state index is 0.190. The van der Waals surface area contributed by atoms with Crippen LogP contribution in [0.1, 0.15) is 40.5 Å². The van der Waals surface area contributed by atoms with E-state index in [0.29, 0.717) is 22.9 Å². The van der Waals surface area contributed by atoms with Gasteiger partial charge in [0.2, 0.25) is 0 Å². The number of hydrogen-bond donors (Lipinski definition) is 2. The first-order valence-corrected chi connectivity index (χ1v) is 9.09. The summed E-state index contributed by atoms with van der Waals surface area (Å²) in [5, 5.41) is 8.11. The molecule has 2 aromatic heterocycles. The molecule has 0 saturated heterocycles. The minimum Gasteiger partial charge on any atom is -0.484 e. The normalized spacial score (nSPS) is 13.5. The monoisotopic (exact) mass is 379 g/mol.